The molecule has 100 valence electrons. The van der Waals surface area contributed by atoms with Crippen molar-refractivity contribution in [3.8, 4) is 0 Å². The number of benzene rings is 1. The molecule has 1 heterocycles. The highest BCUT2D eigenvalue weighted by Crippen LogP contribution is 2.40. The Morgan fingerprint density at radius 1 is 1.32 bits per heavy atom. The molecule has 0 saturated heterocycles. The van der Waals surface area contributed by atoms with Gasteiger partial charge in [0, 0.05) is 11.7 Å². The minimum Gasteiger partial charge on any atom is -0.327 e. The molecule has 0 amide bonds. The van der Waals surface area contributed by atoms with E-state index in [2.05, 4.69) is 40.7 Å². The largest absolute Gasteiger partial charge is 0.327 e. The third-order valence-corrected chi connectivity index (χ3v) is 4.36. The van der Waals surface area contributed by atoms with Crippen LogP contribution in [0.15, 0.2) is 42.9 Å². The molecule has 1 aliphatic rings. The van der Waals surface area contributed by atoms with Crippen molar-refractivity contribution in [2.75, 3.05) is 0 Å². The second-order valence-corrected chi connectivity index (χ2v) is 5.84. The molecular formula is C16H21N3. The Bertz CT molecular complexity index is 540. The Balaban J connectivity index is 1.81. The summed E-state index contributed by atoms with van der Waals surface area (Å²) in [5.41, 5.74) is 9.06. The van der Waals surface area contributed by atoms with E-state index in [-0.39, 0.29) is 11.6 Å². The maximum atomic E-state index is 6.39. The van der Waals surface area contributed by atoms with Gasteiger partial charge in [0.05, 0.1) is 18.1 Å². The van der Waals surface area contributed by atoms with Gasteiger partial charge in [-0.05, 0) is 38.2 Å². The van der Waals surface area contributed by atoms with E-state index in [1.807, 2.05) is 18.6 Å². The van der Waals surface area contributed by atoms with Gasteiger partial charge in [-0.1, -0.05) is 30.3 Å². The third-order valence-electron chi connectivity index (χ3n) is 4.36. The van der Waals surface area contributed by atoms with E-state index in [1.165, 1.54) is 24.8 Å². The quantitative estimate of drug-likeness (QED) is 0.912. The molecule has 3 heteroatoms. The molecule has 3 rings (SSSR count). The molecule has 1 aliphatic carbocycles. The lowest BCUT2D eigenvalue weighted by Crippen LogP contribution is -2.39. The van der Waals surface area contributed by atoms with E-state index in [9.17, 15) is 0 Å². The van der Waals surface area contributed by atoms with Crippen molar-refractivity contribution in [3.63, 3.8) is 0 Å². The summed E-state index contributed by atoms with van der Waals surface area (Å²) >= 11 is 0. The monoisotopic (exact) mass is 255 g/mol. The van der Waals surface area contributed by atoms with E-state index in [1.54, 1.807) is 0 Å². The Labute approximate surface area is 114 Å². The maximum absolute atomic E-state index is 6.39. The van der Waals surface area contributed by atoms with Crippen LogP contribution in [0.2, 0.25) is 0 Å². The Morgan fingerprint density at radius 3 is 2.68 bits per heavy atom. The summed E-state index contributed by atoms with van der Waals surface area (Å²) in [7, 11) is 0. The molecule has 1 aromatic heterocycles. The SMILES string of the molecule is CC1(n2cncc2[C@H](N)Cc2ccccc2)CCC1. The van der Waals surface area contributed by atoms with Gasteiger partial charge in [0.2, 0.25) is 0 Å². The maximum Gasteiger partial charge on any atom is 0.0953 e. The predicted octanol–water partition coefficient (Wildman–Crippen LogP) is 3.02. The highest BCUT2D eigenvalue weighted by molar-refractivity contribution is 5.19. The van der Waals surface area contributed by atoms with Crippen LogP contribution in [0.25, 0.3) is 0 Å². The normalized spacial score (nSPS) is 18.8. The Morgan fingerprint density at radius 2 is 2.05 bits per heavy atom. The number of rotatable bonds is 4. The molecule has 0 bridgehead atoms. The van der Waals surface area contributed by atoms with Crippen LogP contribution in [0.1, 0.15) is 43.5 Å². The molecule has 0 radical (unpaired) electrons. The molecule has 2 N–H and O–H groups in total. The summed E-state index contributed by atoms with van der Waals surface area (Å²) in [6.45, 7) is 2.30. The van der Waals surface area contributed by atoms with Crippen LogP contribution in [0.5, 0.6) is 0 Å². The number of hydrogen-bond acceptors (Lipinski definition) is 2. The van der Waals surface area contributed by atoms with E-state index in [0.29, 0.717) is 0 Å². The molecule has 2 aromatic rings. The first-order valence-corrected chi connectivity index (χ1v) is 7.01. The van der Waals surface area contributed by atoms with Crippen molar-refractivity contribution in [3.05, 3.63) is 54.1 Å². The topological polar surface area (TPSA) is 43.8 Å². The van der Waals surface area contributed by atoms with Crippen molar-refractivity contribution < 1.29 is 0 Å². The molecule has 3 nitrogen and oxygen atoms in total. The van der Waals surface area contributed by atoms with Gasteiger partial charge in [0.15, 0.2) is 0 Å². The van der Waals surface area contributed by atoms with Crippen LogP contribution in [0, 0.1) is 0 Å². The zero-order valence-electron chi connectivity index (χ0n) is 11.4. The molecule has 19 heavy (non-hydrogen) atoms. The van der Waals surface area contributed by atoms with Crippen LogP contribution >= 0.6 is 0 Å². The second kappa shape index (κ2) is 4.82. The highest BCUT2D eigenvalue weighted by Gasteiger charge is 2.35. The first-order chi connectivity index (χ1) is 9.19. The molecule has 1 atom stereocenters. The van der Waals surface area contributed by atoms with Crippen molar-refractivity contribution in [1.29, 1.82) is 0 Å². The van der Waals surface area contributed by atoms with E-state index in [4.69, 9.17) is 5.73 Å². The summed E-state index contributed by atoms with van der Waals surface area (Å²) in [5.74, 6) is 0. The average Bonchev–Trinajstić information content (AvgIpc) is 2.86. The van der Waals surface area contributed by atoms with Gasteiger partial charge in [-0.15, -0.1) is 0 Å². The van der Waals surface area contributed by atoms with Crippen molar-refractivity contribution >= 4 is 0 Å². The fourth-order valence-corrected chi connectivity index (χ4v) is 2.93. The molecule has 0 unspecified atom stereocenters. The van der Waals surface area contributed by atoms with Crippen LogP contribution < -0.4 is 5.73 Å². The summed E-state index contributed by atoms with van der Waals surface area (Å²) in [6.07, 6.45) is 8.50. The fraction of sp³-hybridized carbons (Fsp3) is 0.438. The number of hydrogen-bond donors (Lipinski definition) is 1. The number of imidazole rings is 1. The van der Waals surface area contributed by atoms with Gasteiger partial charge in [-0.2, -0.15) is 0 Å². The highest BCUT2D eigenvalue weighted by atomic mass is 15.1. The zero-order valence-corrected chi connectivity index (χ0v) is 11.4. The van der Waals surface area contributed by atoms with Crippen LogP contribution in [0.4, 0.5) is 0 Å². The lowest BCUT2D eigenvalue weighted by atomic mass is 9.78. The number of nitrogens with zero attached hydrogens (tertiary/aromatic N) is 2. The van der Waals surface area contributed by atoms with Crippen LogP contribution in [-0.4, -0.2) is 9.55 Å². The summed E-state index contributed by atoms with van der Waals surface area (Å²) in [5, 5.41) is 0. The molecule has 1 aromatic carbocycles. The first-order valence-electron chi connectivity index (χ1n) is 7.01. The Kier molecular flexibility index (Phi) is 3.15. The standard InChI is InChI=1S/C16H21N3/c1-16(8-5-9-16)19-12-18-11-15(19)14(17)10-13-6-3-2-4-7-13/h2-4,6-7,11-12,14H,5,8-10,17H2,1H3/t14-/m1/s1. The predicted molar refractivity (Wildman–Crippen MR) is 76.8 cm³/mol. The number of nitrogens with two attached hydrogens (primary N) is 1. The van der Waals surface area contributed by atoms with Crippen LogP contribution in [0.3, 0.4) is 0 Å². The fourth-order valence-electron chi connectivity index (χ4n) is 2.93. The molecular weight excluding hydrogens is 234 g/mol. The number of aromatic nitrogens is 2. The van der Waals surface area contributed by atoms with Gasteiger partial charge in [0.1, 0.15) is 0 Å². The molecule has 1 saturated carbocycles. The van der Waals surface area contributed by atoms with E-state index in [0.717, 1.165) is 12.1 Å². The summed E-state index contributed by atoms with van der Waals surface area (Å²) in [4.78, 5) is 4.32. The molecule has 1 fully saturated rings. The van der Waals surface area contributed by atoms with Gasteiger partial charge in [-0.25, -0.2) is 4.98 Å². The Hall–Kier alpha value is -1.61. The van der Waals surface area contributed by atoms with E-state index < -0.39 is 0 Å². The lowest BCUT2D eigenvalue weighted by Gasteiger charge is -2.41. The zero-order chi connectivity index (χ0) is 13.3. The minimum absolute atomic E-state index is 0.0160. The third kappa shape index (κ3) is 2.30. The minimum atomic E-state index is 0.0160. The van der Waals surface area contributed by atoms with Gasteiger partial charge < -0.3 is 10.3 Å². The van der Waals surface area contributed by atoms with E-state index >= 15 is 0 Å². The van der Waals surface area contributed by atoms with Gasteiger partial charge >= 0.3 is 0 Å². The molecule has 0 spiro atoms. The van der Waals surface area contributed by atoms with Gasteiger partial charge in [-0.3, -0.25) is 0 Å². The van der Waals surface area contributed by atoms with Crippen molar-refractivity contribution in [1.82, 2.24) is 9.55 Å². The second-order valence-electron chi connectivity index (χ2n) is 5.84. The van der Waals surface area contributed by atoms with Crippen LogP contribution in [-0.2, 0) is 12.0 Å². The van der Waals surface area contributed by atoms with Crippen molar-refractivity contribution in [2.24, 2.45) is 5.73 Å². The summed E-state index contributed by atoms with van der Waals surface area (Å²) < 4.78 is 2.30. The lowest BCUT2D eigenvalue weighted by molar-refractivity contribution is 0.162. The summed E-state index contributed by atoms with van der Waals surface area (Å²) in [6, 6.07) is 10.4. The molecule has 0 aliphatic heterocycles. The van der Waals surface area contributed by atoms with Crippen molar-refractivity contribution in [2.45, 2.75) is 44.2 Å². The van der Waals surface area contributed by atoms with Gasteiger partial charge in [0.25, 0.3) is 0 Å². The average molecular weight is 255 g/mol. The first kappa shape index (κ1) is 12.4. The smallest absolute Gasteiger partial charge is 0.0953 e.